The minimum atomic E-state index is -0.0808. The summed E-state index contributed by atoms with van der Waals surface area (Å²) in [4.78, 5) is 25.1. The van der Waals surface area contributed by atoms with Gasteiger partial charge in [0.05, 0.1) is 23.7 Å². The van der Waals surface area contributed by atoms with Crippen LogP contribution in [0.4, 0.5) is 0 Å². The zero-order chi connectivity index (χ0) is 19.1. The molecule has 1 aromatic rings. The van der Waals surface area contributed by atoms with Crippen LogP contribution in [-0.2, 0) is 28.8 Å². The number of hydrogen-bond acceptors (Lipinski definition) is 5. The molecule has 0 radical (unpaired) electrons. The molecule has 1 saturated heterocycles. The van der Waals surface area contributed by atoms with Crippen LogP contribution in [0.1, 0.15) is 54.6 Å². The molecular formula is C20H33IN4O2S. The van der Waals surface area contributed by atoms with Crippen molar-refractivity contribution >= 4 is 47.2 Å². The molecule has 28 heavy (non-hydrogen) atoms. The number of aromatic nitrogens is 1. The maximum absolute atomic E-state index is 11.7. The summed E-state index contributed by atoms with van der Waals surface area (Å²) in [5, 5.41) is 4.67. The summed E-state index contributed by atoms with van der Waals surface area (Å²) >= 11 is 1.91. The van der Waals surface area contributed by atoms with Crippen molar-refractivity contribution in [3.63, 3.8) is 0 Å². The fourth-order valence-corrected chi connectivity index (χ4v) is 5.05. The monoisotopic (exact) mass is 520 g/mol. The van der Waals surface area contributed by atoms with Gasteiger partial charge >= 0.3 is 5.97 Å². The molecule has 1 N–H and O–H groups in total. The molecule has 158 valence electrons. The third kappa shape index (κ3) is 6.30. The number of thiazole rings is 1. The van der Waals surface area contributed by atoms with Crippen LogP contribution in [0.25, 0.3) is 0 Å². The number of fused-ring (bicyclic) bond motifs is 1. The number of ether oxygens (including phenoxy) is 1. The van der Waals surface area contributed by atoms with E-state index in [1.165, 1.54) is 42.0 Å². The predicted octanol–water partition coefficient (Wildman–Crippen LogP) is 3.42. The minimum Gasteiger partial charge on any atom is -0.469 e. The molecule has 0 aromatic carbocycles. The molecule has 0 bridgehead atoms. The number of guanidine groups is 1. The van der Waals surface area contributed by atoms with E-state index in [1.54, 1.807) is 0 Å². The standard InChI is InChI=1S/C20H32N4O2S.HI/c1-3-21-20(24-13-10-15(11-14-24)19(25)26-2)22-12-6-9-18-23-16-7-4-5-8-17(16)27-18;/h15H,3-14H2,1-2H3,(H,21,22);1H. The number of rotatable bonds is 6. The van der Waals surface area contributed by atoms with Crippen molar-refractivity contribution in [1.29, 1.82) is 0 Å². The Balaban J connectivity index is 0.00000280. The largest absolute Gasteiger partial charge is 0.469 e. The van der Waals surface area contributed by atoms with Gasteiger partial charge in [0.2, 0.25) is 0 Å². The highest BCUT2D eigenvalue weighted by Gasteiger charge is 2.26. The highest BCUT2D eigenvalue weighted by molar-refractivity contribution is 14.0. The van der Waals surface area contributed by atoms with Gasteiger partial charge in [-0.2, -0.15) is 0 Å². The first-order valence-corrected chi connectivity index (χ1v) is 11.1. The summed E-state index contributed by atoms with van der Waals surface area (Å²) in [5.41, 5.74) is 1.35. The Morgan fingerprint density at radius 1 is 1.32 bits per heavy atom. The van der Waals surface area contributed by atoms with Crippen molar-refractivity contribution in [3.05, 3.63) is 15.6 Å². The van der Waals surface area contributed by atoms with E-state index in [0.717, 1.165) is 64.2 Å². The first kappa shape index (κ1) is 23.4. The molecule has 1 aliphatic heterocycles. The second kappa shape index (κ2) is 11.9. The fourth-order valence-electron chi connectivity index (χ4n) is 3.85. The zero-order valence-electron chi connectivity index (χ0n) is 17.0. The SMILES string of the molecule is CCNC(=NCCCc1nc2c(s1)CCCC2)N1CCC(C(=O)OC)CC1.I. The van der Waals surface area contributed by atoms with Gasteiger partial charge in [0, 0.05) is 37.5 Å². The summed E-state index contributed by atoms with van der Waals surface area (Å²) in [6.07, 6.45) is 8.71. The summed E-state index contributed by atoms with van der Waals surface area (Å²) in [5.74, 6) is 0.923. The predicted molar refractivity (Wildman–Crippen MR) is 125 cm³/mol. The number of nitrogens with zero attached hydrogens (tertiary/aromatic N) is 3. The first-order chi connectivity index (χ1) is 13.2. The molecule has 0 unspecified atom stereocenters. The number of aliphatic imine (C=N–C) groups is 1. The topological polar surface area (TPSA) is 66.8 Å². The van der Waals surface area contributed by atoms with Gasteiger partial charge < -0.3 is 15.0 Å². The summed E-state index contributed by atoms with van der Waals surface area (Å²) in [6, 6.07) is 0. The third-order valence-corrected chi connectivity index (χ3v) is 6.58. The van der Waals surface area contributed by atoms with Crippen molar-refractivity contribution in [2.24, 2.45) is 10.9 Å². The van der Waals surface area contributed by atoms with Gasteiger partial charge in [0.15, 0.2) is 5.96 Å². The van der Waals surface area contributed by atoms with Crippen molar-refractivity contribution in [1.82, 2.24) is 15.2 Å². The molecule has 0 amide bonds. The smallest absolute Gasteiger partial charge is 0.308 e. The number of nitrogens with one attached hydrogen (secondary N) is 1. The number of halogens is 1. The molecule has 1 fully saturated rings. The van der Waals surface area contributed by atoms with Gasteiger partial charge in [-0.05, 0) is 51.9 Å². The molecule has 0 spiro atoms. The summed E-state index contributed by atoms with van der Waals surface area (Å²) < 4.78 is 4.88. The lowest BCUT2D eigenvalue weighted by molar-refractivity contribution is -0.146. The van der Waals surface area contributed by atoms with Crippen LogP contribution in [0.2, 0.25) is 0 Å². The van der Waals surface area contributed by atoms with Crippen molar-refractivity contribution in [2.75, 3.05) is 33.3 Å². The number of aryl methyl sites for hydroxylation is 3. The number of carbonyl (C=O) groups is 1. The number of likely N-dealkylation sites (tertiary alicyclic amines) is 1. The average molecular weight is 520 g/mol. The van der Waals surface area contributed by atoms with E-state index in [9.17, 15) is 4.79 Å². The number of esters is 1. The van der Waals surface area contributed by atoms with Gasteiger partial charge in [-0.1, -0.05) is 0 Å². The molecule has 2 aliphatic rings. The molecule has 1 aromatic heterocycles. The Labute approximate surface area is 189 Å². The van der Waals surface area contributed by atoms with Crippen molar-refractivity contribution in [2.45, 2.75) is 58.3 Å². The lowest BCUT2D eigenvalue weighted by atomic mass is 9.97. The van der Waals surface area contributed by atoms with Crippen LogP contribution in [0, 0.1) is 5.92 Å². The average Bonchev–Trinajstić information content (AvgIpc) is 3.12. The van der Waals surface area contributed by atoms with E-state index in [2.05, 4.69) is 17.1 Å². The van der Waals surface area contributed by atoms with Gasteiger partial charge in [-0.3, -0.25) is 9.79 Å². The van der Waals surface area contributed by atoms with E-state index in [4.69, 9.17) is 14.7 Å². The number of piperidine rings is 1. The maximum Gasteiger partial charge on any atom is 0.308 e. The van der Waals surface area contributed by atoms with E-state index in [1.807, 2.05) is 11.3 Å². The highest BCUT2D eigenvalue weighted by atomic mass is 127. The Bertz CT molecular complexity index is 633. The Morgan fingerprint density at radius 3 is 2.75 bits per heavy atom. The lowest BCUT2D eigenvalue weighted by Crippen LogP contribution is -2.46. The Kier molecular flexibility index (Phi) is 9.98. The minimum absolute atomic E-state index is 0. The fraction of sp³-hybridized carbons (Fsp3) is 0.750. The molecule has 3 rings (SSSR count). The Hall–Kier alpha value is -0.900. The number of methoxy groups -OCH3 is 1. The van der Waals surface area contributed by atoms with Crippen LogP contribution in [0.3, 0.4) is 0 Å². The molecule has 1 aliphatic carbocycles. The van der Waals surface area contributed by atoms with Crippen LogP contribution >= 0.6 is 35.3 Å². The quantitative estimate of drug-likeness (QED) is 0.205. The van der Waals surface area contributed by atoms with Crippen LogP contribution in [-0.4, -0.2) is 55.1 Å². The van der Waals surface area contributed by atoms with E-state index in [-0.39, 0.29) is 35.9 Å². The molecule has 6 nitrogen and oxygen atoms in total. The third-order valence-electron chi connectivity index (χ3n) is 5.36. The number of hydrogen-bond donors (Lipinski definition) is 1. The lowest BCUT2D eigenvalue weighted by Gasteiger charge is -2.33. The molecule has 2 heterocycles. The molecular weight excluding hydrogens is 487 g/mol. The van der Waals surface area contributed by atoms with E-state index in [0.29, 0.717) is 0 Å². The first-order valence-electron chi connectivity index (χ1n) is 10.3. The van der Waals surface area contributed by atoms with Gasteiger partial charge in [0.25, 0.3) is 0 Å². The second-order valence-corrected chi connectivity index (χ2v) is 8.48. The summed E-state index contributed by atoms with van der Waals surface area (Å²) in [6.45, 7) is 5.46. The maximum atomic E-state index is 11.7. The van der Waals surface area contributed by atoms with E-state index < -0.39 is 0 Å². The van der Waals surface area contributed by atoms with Crippen LogP contribution in [0.5, 0.6) is 0 Å². The van der Waals surface area contributed by atoms with Crippen molar-refractivity contribution < 1.29 is 9.53 Å². The van der Waals surface area contributed by atoms with Gasteiger partial charge in [-0.25, -0.2) is 4.98 Å². The van der Waals surface area contributed by atoms with Crippen LogP contribution < -0.4 is 5.32 Å². The molecule has 0 atom stereocenters. The van der Waals surface area contributed by atoms with Gasteiger partial charge in [0.1, 0.15) is 0 Å². The molecule has 0 saturated carbocycles. The zero-order valence-corrected chi connectivity index (χ0v) is 20.2. The highest BCUT2D eigenvalue weighted by Crippen LogP contribution is 2.27. The normalized spacial score (nSPS) is 17.6. The van der Waals surface area contributed by atoms with E-state index >= 15 is 0 Å². The van der Waals surface area contributed by atoms with Gasteiger partial charge in [-0.15, -0.1) is 35.3 Å². The number of carbonyl (C=O) groups excluding carboxylic acids is 1. The van der Waals surface area contributed by atoms with Crippen molar-refractivity contribution in [3.8, 4) is 0 Å². The van der Waals surface area contributed by atoms with Crippen LogP contribution in [0.15, 0.2) is 4.99 Å². The molecule has 8 heteroatoms. The summed E-state index contributed by atoms with van der Waals surface area (Å²) in [7, 11) is 1.47. The Morgan fingerprint density at radius 2 is 2.07 bits per heavy atom. The second-order valence-electron chi connectivity index (χ2n) is 7.31.